The molecule has 84 valence electrons. The molecule has 3 aromatic rings. The fourth-order valence-corrected chi connectivity index (χ4v) is 2.51. The molecule has 0 bridgehead atoms. The van der Waals surface area contributed by atoms with E-state index in [0.29, 0.717) is 11.3 Å². The summed E-state index contributed by atoms with van der Waals surface area (Å²) in [5.41, 5.74) is 2.94. The first-order valence-corrected chi connectivity index (χ1v) is 5.74. The molecule has 0 atom stereocenters. The lowest BCUT2D eigenvalue weighted by Crippen LogP contribution is -2.12. The van der Waals surface area contributed by atoms with E-state index in [9.17, 15) is 4.79 Å². The van der Waals surface area contributed by atoms with E-state index in [2.05, 4.69) is 9.97 Å². The highest BCUT2D eigenvalue weighted by atomic mass is 16.1. The Balaban J connectivity index is 2.28. The number of carbonyl (C=O) groups excluding carboxylic acids is 1. The summed E-state index contributed by atoms with van der Waals surface area (Å²) >= 11 is 0. The highest BCUT2D eigenvalue weighted by Gasteiger charge is 2.26. The average Bonchev–Trinajstić information content (AvgIpc) is 2.44. The Morgan fingerprint density at radius 2 is 1.44 bits per heavy atom. The monoisotopic (exact) mass is 232 g/mol. The van der Waals surface area contributed by atoms with Crippen molar-refractivity contribution in [3.63, 3.8) is 0 Å². The van der Waals surface area contributed by atoms with Gasteiger partial charge in [-0.3, -0.25) is 14.8 Å². The third-order valence-corrected chi connectivity index (χ3v) is 3.32. The van der Waals surface area contributed by atoms with Gasteiger partial charge in [0.05, 0.1) is 5.69 Å². The lowest BCUT2D eigenvalue weighted by atomic mass is 9.89. The smallest absolute Gasteiger partial charge is 0.212 e. The number of carbonyl (C=O) groups is 1. The summed E-state index contributed by atoms with van der Waals surface area (Å²) in [6.45, 7) is 0. The van der Waals surface area contributed by atoms with E-state index in [1.165, 1.54) is 0 Å². The number of hydrogen-bond acceptors (Lipinski definition) is 3. The normalized spacial score (nSPS) is 12.6. The van der Waals surface area contributed by atoms with Gasteiger partial charge < -0.3 is 0 Å². The largest absolute Gasteiger partial charge is 0.287 e. The quantitative estimate of drug-likeness (QED) is 0.468. The number of ketones is 1. The number of rotatable bonds is 0. The summed E-state index contributed by atoms with van der Waals surface area (Å²) in [6.07, 6.45) is 3.45. The van der Waals surface area contributed by atoms with Crippen LogP contribution in [0.2, 0.25) is 0 Å². The minimum atomic E-state index is -0.0169. The zero-order valence-corrected chi connectivity index (χ0v) is 9.42. The maximum Gasteiger partial charge on any atom is 0.212 e. The number of nitrogens with zero attached hydrogens (tertiary/aromatic N) is 2. The van der Waals surface area contributed by atoms with Crippen LogP contribution in [0, 0.1) is 0 Å². The van der Waals surface area contributed by atoms with Gasteiger partial charge in [-0.15, -0.1) is 0 Å². The van der Waals surface area contributed by atoms with Crippen LogP contribution in [0.5, 0.6) is 0 Å². The molecule has 3 nitrogen and oxygen atoms in total. The highest BCUT2D eigenvalue weighted by molar-refractivity contribution is 6.23. The molecular formula is C15H8N2O. The van der Waals surface area contributed by atoms with Gasteiger partial charge in [0.1, 0.15) is 5.69 Å². The van der Waals surface area contributed by atoms with Crippen molar-refractivity contribution in [2.75, 3.05) is 0 Å². The minimum absolute atomic E-state index is 0.0169. The fourth-order valence-electron chi connectivity index (χ4n) is 2.51. The molecule has 0 unspecified atom stereocenters. The first kappa shape index (κ1) is 9.48. The molecule has 0 aliphatic heterocycles. The minimum Gasteiger partial charge on any atom is -0.287 e. The molecule has 0 saturated carbocycles. The van der Waals surface area contributed by atoms with E-state index in [-0.39, 0.29) is 5.78 Å². The molecule has 0 radical (unpaired) electrons. The van der Waals surface area contributed by atoms with Crippen LogP contribution < -0.4 is 0 Å². The molecule has 2 heterocycles. The second-order valence-electron chi connectivity index (χ2n) is 4.29. The van der Waals surface area contributed by atoms with Crippen molar-refractivity contribution < 1.29 is 4.79 Å². The van der Waals surface area contributed by atoms with Gasteiger partial charge in [0.2, 0.25) is 5.78 Å². The maximum atomic E-state index is 12.4. The molecule has 1 aliphatic rings. The Bertz CT molecular complexity index is 803. The lowest BCUT2D eigenvalue weighted by molar-refractivity contribution is 0.103. The lowest BCUT2D eigenvalue weighted by Gasteiger charge is -2.17. The van der Waals surface area contributed by atoms with Gasteiger partial charge in [-0.2, -0.15) is 0 Å². The van der Waals surface area contributed by atoms with Gasteiger partial charge in [0.15, 0.2) is 0 Å². The first-order chi connectivity index (χ1) is 8.86. The van der Waals surface area contributed by atoms with Crippen molar-refractivity contribution in [2.24, 2.45) is 0 Å². The SMILES string of the molecule is O=C1c2ccccc2-c2nccc3ccnc1c23. The summed E-state index contributed by atoms with van der Waals surface area (Å²) in [5, 5.41) is 1.87. The molecular weight excluding hydrogens is 224 g/mol. The second kappa shape index (κ2) is 3.23. The van der Waals surface area contributed by atoms with Crippen molar-refractivity contribution in [3.8, 4) is 11.3 Å². The standard InChI is InChI=1S/C15H8N2O/c18-15-11-4-2-1-3-10(11)13-12-9(5-7-16-13)6-8-17-14(12)15/h1-8H. The zero-order valence-electron chi connectivity index (χ0n) is 9.42. The van der Waals surface area contributed by atoms with E-state index < -0.39 is 0 Å². The summed E-state index contributed by atoms with van der Waals surface area (Å²) in [6, 6.07) is 11.4. The van der Waals surface area contributed by atoms with Gasteiger partial charge in [0.25, 0.3) is 0 Å². The summed E-state index contributed by atoms with van der Waals surface area (Å²) in [4.78, 5) is 21.1. The van der Waals surface area contributed by atoms with Crippen LogP contribution in [0.1, 0.15) is 16.1 Å². The number of hydrogen-bond donors (Lipinski definition) is 0. The Hall–Kier alpha value is -2.55. The molecule has 3 heteroatoms. The predicted molar refractivity (Wildman–Crippen MR) is 68.4 cm³/mol. The molecule has 4 rings (SSSR count). The van der Waals surface area contributed by atoms with Crippen molar-refractivity contribution in [3.05, 3.63) is 60.0 Å². The molecule has 2 aromatic heterocycles. The number of pyridine rings is 2. The molecule has 0 spiro atoms. The average molecular weight is 232 g/mol. The highest BCUT2D eigenvalue weighted by Crippen LogP contribution is 2.36. The van der Waals surface area contributed by atoms with Crippen LogP contribution in [-0.2, 0) is 0 Å². The van der Waals surface area contributed by atoms with Gasteiger partial charge in [-0.25, -0.2) is 0 Å². The Kier molecular flexibility index (Phi) is 1.70. The van der Waals surface area contributed by atoms with E-state index in [0.717, 1.165) is 22.0 Å². The van der Waals surface area contributed by atoms with Crippen molar-refractivity contribution in [1.82, 2.24) is 9.97 Å². The van der Waals surface area contributed by atoms with Crippen LogP contribution in [0.3, 0.4) is 0 Å². The molecule has 0 amide bonds. The van der Waals surface area contributed by atoms with E-state index in [1.807, 2.05) is 36.4 Å². The predicted octanol–water partition coefficient (Wildman–Crippen LogP) is 2.84. The molecule has 0 N–H and O–H groups in total. The number of fused-ring (bicyclic) bond motifs is 2. The van der Waals surface area contributed by atoms with E-state index in [4.69, 9.17) is 0 Å². The Morgan fingerprint density at radius 1 is 0.778 bits per heavy atom. The molecule has 1 aromatic carbocycles. The third kappa shape index (κ3) is 1.06. The van der Waals surface area contributed by atoms with Crippen LogP contribution in [-0.4, -0.2) is 15.8 Å². The maximum absolute atomic E-state index is 12.4. The first-order valence-electron chi connectivity index (χ1n) is 5.74. The van der Waals surface area contributed by atoms with E-state index >= 15 is 0 Å². The van der Waals surface area contributed by atoms with Gasteiger partial charge in [0, 0.05) is 28.9 Å². The van der Waals surface area contributed by atoms with Crippen LogP contribution in [0.4, 0.5) is 0 Å². The Morgan fingerprint density at radius 3 is 2.22 bits per heavy atom. The topological polar surface area (TPSA) is 42.9 Å². The Labute approximate surface area is 103 Å². The van der Waals surface area contributed by atoms with Gasteiger partial charge in [-0.1, -0.05) is 24.3 Å². The van der Waals surface area contributed by atoms with E-state index in [1.54, 1.807) is 12.4 Å². The zero-order chi connectivity index (χ0) is 12.1. The molecule has 0 fully saturated rings. The number of aromatic nitrogens is 2. The molecule has 1 aliphatic carbocycles. The van der Waals surface area contributed by atoms with Crippen LogP contribution >= 0.6 is 0 Å². The van der Waals surface area contributed by atoms with Gasteiger partial charge >= 0.3 is 0 Å². The molecule has 18 heavy (non-hydrogen) atoms. The summed E-state index contributed by atoms with van der Waals surface area (Å²) < 4.78 is 0. The van der Waals surface area contributed by atoms with Crippen molar-refractivity contribution >= 4 is 16.6 Å². The molecule has 0 saturated heterocycles. The fraction of sp³-hybridized carbons (Fsp3) is 0. The summed E-state index contributed by atoms with van der Waals surface area (Å²) in [7, 11) is 0. The third-order valence-electron chi connectivity index (χ3n) is 3.32. The second-order valence-corrected chi connectivity index (χ2v) is 4.29. The van der Waals surface area contributed by atoms with Gasteiger partial charge in [-0.05, 0) is 17.5 Å². The summed E-state index contributed by atoms with van der Waals surface area (Å²) in [5.74, 6) is -0.0169. The van der Waals surface area contributed by atoms with Crippen LogP contribution in [0.15, 0.2) is 48.8 Å². The van der Waals surface area contributed by atoms with Crippen LogP contribution in [0.25, 0.3) is 22.0 Å². The number of benzene rings is 1. The van der Waals surface area contributed by atoms with Crippen molar-refractivity contribution in [2.45, 2.75) is 0 Å². The van der Waals surface area contributed by atoms with Crippen molar-refractivity contribution in [1.29, 1.82) is 0 Å².